The summed E-state index contributed by atoms with van der Waals surface area (Å²) in [5.74, 6) is 0.921. The van der Waals surface area contributed by atoms with Crippen molar-refractivity contribution < 1.29 is 5.11 Å². The van der Waals surface area contributed by atoms with Gasteiger partial charge in [0.1, 0.15) is 5.82 Å². The zero-order valence-corrected chi connectivity index (χ0v) is 9.94. The molecule has 0 amide bonds. The fourth-order valence-corrected chi connectivity index (χ4v) is 2.35. The van der Waals surface area contributed by atoms with Gasteiger partial charge in [-0.1, -0.05) is 6.07 Å². The molecule has 2 aromatic rings. The number of likely N-dealkylation sites (N-methyl/N-ethyl adjacent to an activating group) is 1. The summed E-state index contributed by atoms with van der Waals surface area (Å²) in [5, 5.41) is 14.7. The normalized spacial score (nSPS) is 12.9. The molecule has 2 aromatic heterocycles. The van der Waals surface area contributed by atoms with Crippen molar-refractivity contribution in [3.05, 3.63) is 29.9 Å². The standard InChI is InChI=1S/C11H15N3OS/c1-12-7-9(15)8-14-5-4-13-11(14)10-3-2-6-16-10/h2-6,9,12,15H,7-8H2,1H3. The number of aliphatic hydroxyl groups is 1. The lowest BCUT2D eigenvalue weighted by Crippen LogP contribution is -2.27. The minimum atomic E-state index is -0.391. The lowest BCUT2D eigenvalue weighted by molar-refractivity contribution is 0.154. The van der Waals surface area contributed by atoms with Crippen molar-refractivity contribution in [1.82, 2.24) is 14.9 Å². The molecule has 0 spiro atoms. The van der Waals surface area contributed by atoms with Gasteiger partial charge in [0.2, 0.25) is 0 Å². The van der Waals surface area contributed by atoms with Gasteiger partial charge >= 0.3 is 0 Å². The fourth-order valence-electron chi connectivity index (χ4n) is 1.61. The van der Waals surface area contributed by atoms with Crippen molar-refractivity contribution in [2.45, 2.75) is 12.6 Å². The van der Waals surface area contributed by atoms with E-state index in [0.29, 0.717) is 13.1 Å². The van der Waals surface area contributed by atoms with Crippen LogP contribution in [0.3, 0.4) is 0 Å². The van der Waals surface area contributed by atoms with Gasteiger partial charge in [-0.2, -0.15) is 0 Å². The molecule has 2 rings (SSSR count). The summed E-state index contributed by atoms with van der Waals surface area (Å²) in [5.41, 5.74) is 0. The minimum absolute atomic E-state index is 0.391. The molecule has 0 aliphatic heterocycles. The summed E-state index contributed by atoms with van der Waals surface area (Å²) in [6, 6.07) is 4.04. The molecule has 0 bridgehead atoms. The van der Waals surface area contributed by atoms with Gasteiger partial charge in [-0.05, 0) is 18.5 Å². The first-order valence-electron chi connectivity index (χ1n) is 5.19. The third-order valence-corrected chi connectivity index (χ3v) is 3.17. The number of imidazole rings is 1. The van der Waals surface area contributed by atoms with Gasteiger partial charge in [0.25, 0.3) is 0 Å². The van der Waals surface area contributed by atoms with Gasteiger partial charge in [-0.25, -0.2) is 4.98 Å². The van der Waals surface area contributed by atoms with Crippen molar-refractivity contribution >= 4 is 11.3 Å². The maximum Gasteiger partial charge on any atom is 0.150 e. The number of nitrogens with zero attached hydrogens (tertiary/aromatic N) is 2. The van der Waals surface area contributed by atoms with E-state index in [0.717, 1.165) is 10.7 Å². The predicted molar refractivity (Wildman–Crippen MR) is 65.5 cm³/mol. The summed E-state index contributed by atoms with van der Waals surface area (Å²) in [7, 11) is 1.83. The molecule has 0 aliphatic rings. The second-order valence-electron chi connectivity index (χ2n) is 3.59. The minimum Gasteiger partial charge on any atom is -0.390 e. The Morgan fingerprint density at radius 3 is 3.19 bits per heavy atom. The lowest BCUT2D eigenvalue weighted by atomic mass is 10.3. The van der Waals surface area contributed by atoms with Crippen molar-refractivity contribution in [3.63, 3.8) is 0 Å². The SMILES string of the molecule is CNCC(O)Cn1ccnc1-c1cccs1. The van der Waals surface area contributed by atoms with E-state index in [-0.39, 0.29) is 0 Å². The highest BCUT2D eigenvalue weighted by Crippen LogP contribution is 2.22. The number of nitrogens with one attached hydrogen (secondary N) is 1. The van der Waals surface area contributed by atoms with E-state index in [1.807, 2.05) is 35.3 Å². The molecule has 16 heavy (non-hydrogen) atoms. The zero-order valence-electron chi connectivity index (χ0n) is 9.13. The highest BCUT2D eigenvalue weighted by Gasteiger charge is 2.10. The molecule has 86 valence electrons. The molecular formula is C11H15N3OS. The highest BCUT2D eigenvalue weighted by molar-refractivity contribution is 7.13. The van der Waals surface area contributed by atoms with Gasteiger partial charge in [0.05, 0.1) is 17.5 Å². The highest BCUT2D eigenvalue weighted by atomic mass is 32.1. The molecule has 4 nitrogen and oxygen atoms in total. The summed E-state index contributed by atoms with van der Waals surface area (Å²) < 4.78 is 1.98. The second kappa shape index (κ2) is 5.25. The number of hydrogen-bond donors (Lipinski definition) is 2. The van der Waals surface area contributed by atoms with Gasteiger partial charge in [-0.15, -0.1) is 11.3 Å². The summed E-state index contributed by atoms with van der Waals surface area (Å²) >= 11 is 1.65. The molecule has 0 aliphatic carbocycles. The van der Waals surface area contributed by atoms with E-state index < -0.39 is 6.10 Å². The van der Waals surface area contributed by atoms with Crippen LogP contribution in [0.25, 0.3) is 10.7 Å². The van der Waals surface area contributed by atoms with Crippen LogP contribution in [0, 0.1) is 0 Å². The Morgan fingerprint density at radius 1 is 1.62 bits per heavy atom. The molecule has 5 heteroatoms. The smallest absolute Gasteiger partial charge is 0.150 e. The molecule has 0 saturated carbocycles. The molecule has 0 fully saturated rings. The molecule has 0 saturated heterocycles. The first-order valence-corrected chi connectivity index (χ1v) is 6.07. The van der Waals surface area contributed by atoms with Gasteiger partial charge < -0.3 is 15.0 Å². The number of hydrogen-bond acceptors (Lipinski definition) is 4. The van der Waals surface area contributed by atoms with Gasteiger partial charge in [0.15, 0.2) is 0 Å². The Hall–Kier alpha value is -1.17. The fraction of sp³-hybridized carbons (Fsp3) is 0.364. The van der Waals surface area contributed by atoms with Gasteiger partial charge in [-0.3, -0.25) is 0 Å². The molecule has 0 aromatic carbocycles. The summed E-state index contributed by atoms with van der Waals surface area (Å²) in [6.07, 6.45) is 3.27. The van der Waals surface area contributed by atoms with Crippen LogP contribution in [0.2, 0.25) is 0 Å². The molecule has 0 radical (unpaired) electrons. The van der Waals surface area contributed by atoms with Crippen LogP contribution < -0.4 is 5.32 Å². The van der Waals surface area contributed by atoms with E-state index in [9.17, 15) is 5.11 Å². The number of aromatic nitrogens is 2. The average molecular weight is 237 g/mol. The maximum absolute atomic E-state index is 9.74. The van der Waals surface area contributed by atoms with Crippen molar-refractivity contribution in [2.24, 2.45) is 0 Å². The maximum atomic E-state index is 9.74. The summed E-state index contributed by atoms with van der Waals surface area (Å²) in [6.45, 7) is 1.15. The Balaban J connectivity index is 2.14. The van der Waals surface area contributed by atoms with Crippen LogP contribution in [-0.4, -0.2) is 34.4 Å². The monoisotopic (exact) mass is 237 g/mol. The second-order valence-corrected chi connectivity index (χ2v) is 4.54. The first kappa shape index (κ1) is 11.3. The molecule has 1 unspecified atom stereocenters. The molecule has 2 N–H and O–H groups in total. The molecular weight excluding hydrogens is 222 g/mol. The Labute approximate surface area is 98.6 Å². The van der Waals surface area contributed by atoms with Crippen LogP contribution in [0.1, 0.15) is 0 Å². The van der Waals surface area contributed by atoms with Crippen LogP contribution in [0.15, 0.2) is 29.9 Å². The van der Waals surface area contributed by atoms with E-state index in [4.69, 9.17) is 0 Å². The predicted octanol–water partition coefficient (Wildman–Crippen LogP) is 1.19. The average Bonchev–Trinajstić information content (AvgIpc) is 2.86. The van der Waals surface area contributed by atoms with Crippen molar-refractivity contribution in [2.75, 3.05) is 13.6 Å². The first-order chi connectivity index (χ1) is 7.81. The topological polar surface area (TPSA) is 50.1 Å². The largest absolute Gasteiger partial charge is 0.390 e. The van der Waals surface area contributed by atoms with Crippen LogP contribution in [0.4, 0.5) is 0 Å². The van der Waals surface area contributed by atoms with E-state index in [2.05, 4.69) is 10.3 Å². The van der Waals surface area contributed by atoms with E-state index >= 15 is 0 Å². The molecule has 1 atom stereocenters. The van der Waals surface area contributed by atoms with Crippen LogP contribution in [-0.2, 0) is 6.54 Å². The Morgan fingerprint density at radius 2 is 2.50 bits per heavy atom. The van der Waals surface area contributed by atoms with E-state index in [1.54, 1.807) is 17.5 Å². The number of rotatable bonds is 5. The third-order valence-electron chi connectivity index (χ3n) is 2.30. The summed E-state index contributed by atoms with van der Waals surface area (Å²) in [4.78, 5) is 5.44. The van der Waals surface area contributed by atoms with Crippen molar-refractivity contribution in [1.29, 1.82) is 0 Å². The van der Waals surface area contributed by atoms with Crippen LogP contribution >= 0.6 is 11.3 Å². The van der Waals surface area contributed by atoms with Crippen LogP contribution in [0.5, 0.6) is 0 Å². The number of thiophene rings is 1. The Kier molecular flexibility index (Phi) is 3.71. The lowest BCUT2D eigenvalue weighted by Gasteiger charge is -2.12. The van der Waals surface area contributed by atoms with E-state index in [1.165, 1.54) is 0 Å². The van der Waals surface area contributed by atoms with Gasteiger partial charge in [0, 0.05) is 18.9 Å². The number of aliphatic hydroxyl groups excluding tert-OH is 1. The Bertz CT molecular complexity index is 424. The third kappa shape index (κ3) is 2.49. The zero-order chi connectivity index (χ0) is 11.4. The van der Waals surface area contributed by atoms with Crippen molar-refractivity contribution in [3.8, 4) is 10.7 Å². The quantitative estimate of drug-likeness (QED) is 0.821. The molecule has 2 heterocycles.